The van der Waals surface area contributed by atoms with Crippen LogP contribution in [-0.4, -0.2) is 60.1 Å². The molecule has 0 aliphatic carbocycles. The smallest absolute Gasteiger partial charge is 0.277 e. The van der Waals surface area contributed by atoms with Gasteiger partial charge in [-0.2, -0.15) is 0 Å². The lowest BCUT2D eigenvalue weighted by Crippen LogP contribution is -2.47. The molecule has 0 spiro atoms. The Labute approximate surface area is 160 Å². The van der Waals surface area contributed by atoms with Gasteiger partial charge in [0.05, 0.1) is 24.4 Å². The molecule has 6 heteroatoms. The van der Waals surface area contributed by atoms with E-state index in [9.17, 15) is 9.59 Å². The van der Waals surface area contributed by atoms with E-state index < -0.39 is 0 Å². The molecule has 2 unspecified atom stereocenters. The molecule has 27 heavy (non-hydrogen) atoms. The summed E-state index contributed by atoms with van der Waals surface area (Å²) in [7, 11) is 0. The topological polar surface area (TPSA) is 59.1 Å². The highest BCUT2D eigenvalue weighted by Gasteiger charge is 2.42. The first kappa shape index (κ1) is 19.4. The first-order valence-electron chi connectivity index (χ1n) is 9.70. The van der Waals surface area contributed by atoms with Crippen LogP contribution in [0.1, 0.15) is 39.7 Å². The Morgan fingerprint density at radius 3 is 2.22 bits per heavy atom. The van der Waals surface area contributed by atoms with E-state index in [1.165, 1.54) is 4.90 Å². The van der Waals surface area contributed by atoms with Crippen LogP contribution in [0.4, 0.5) is 0 Å². The monoisotopic (exact) mass is 372 g/mol. The van der Waals surface area contributed by atoms with E-state index in [-0.39, 0.29) is 24.0 Å². The van der Waals surface area contributed by atoms with Crippen molar-refractivity contribution < 1.29 is 19.1 Å². The average molecular weight is 372 g/mol. The standard InChI is InChI=1S/C21H28N2O4/c1-5-11-23-20(24)18(16-7-9-17(10-8-16)26-6-2)19(21(23)25)22-12-14(3)27-15(4)13-22/h7-10,14-15H,5-6,11-13H2,1-4H3. The van der Waals surface area contributed by atoms with Gasteiger partial charge in [-0.3, -0.25) is 14.5 Å². The van der Waals surface area contributed by atoms with Crippen molar-refractivity contribution in [3.63, 3.8) is 0 Å². The first-order chi connectivity index (χ1) is 13.0. The normalized spacial score (nSPS) is 23.4. The maximum absolute atomic E-state index is 13.1. The van der Waals surface area contributed by atoms with E-state index in [2.05, 4.69) is 0 Å². The number of benzene rings is 1. The number of nitrogens with zero attached hydrogens (tertiary/aromatic N) is 2. The van der Waals surface area contributed by atoms with Crippen molar-refractivity contribution in [1.82, 2.24) is 9.80 Å². The molecule has 2 heterocycles. The Kier molecular flexibility index (Phi) is 5.85. The Hall–Kier alpha value is -2.34. The van der Waals surface area contributed by atoms with Gasteiger partial charge >= 0.3 is 0 Å². The molecule has 1 aromatic rings. The molecule has 0 radical (unpaired) electrons. The molecule has 0 bridgehead atoms. The van der Waals surface area contributed by atoms with Crippen molar-refractivity contribution in [3.8, 4) is 5.75 Å². The molecule has 2 aliphatic rings. The molecular weight excluding hydrogens is 344 g/mol. The molecular formula is C21H28N2O4. The quantitative estimate of drug-likeness (QED) is 0.719. The van der Waals surface area contributed by atoms with Gasteiger partial charge in [-0.1, -0.05) is 19.1 Å². The highest BCUT2D eigenvalue weighted by atomic mass is 16.5. The summed E-state index contributed by atoms with van der Waals surface area (Å²) < 4.78 is 11.3. The molecule has 0 aromatic heterocycles. The lowest BCUT2D eigenvalue weighted by molar-refractivity contribution is -0.138. The van der Waals surface area contributed by atoms with Crippen LogP contribution in [0.15, 0.2) is 30.0 Å². The van der Waals surface area contributed by atoms with Crippen LogP contribution in [0.3, 0.4) is 0 Å². The van der Waals surface area contributed by atoms with Crippen LogP contribution in [0.2, 0.25) is 0 Å². The summed E-state index contributed by atoms with van der Waals surface area (Å²) in [5.74, 6) is 0.332. The van der Waals surface area contributed by atoms with Crippen LogP contribution < -0.4 is 4.74 Å². The molecule has 2 aliphatic heterocycles. The maximum atomic E-state index is 13.1. The van der Waals surface area contributed by atoms with E-state index in [0.29, 0.717) is 37.5 Å². The SMILES string of the molecule is CCCN1C(=O)C(c2ccc(OCC)cc2)=C(N2CC(C)OC(C)C2)C1=O. The van der Waals surface area contributed by atoms with E-state index in [1.807, 2.05) is 56.9 Å². The number of ether oxygens (including phenoxy) is 2. The van der Waals surface area contributed by atoms with E-state index in [1.54, 1.807) is 0 Å². The second-order valence-corrected chi connectivity index (χ2v) is 7.11. The predicted molar refractivity (Wildman–Crippen MR) is 103 cm³/mol. The summed E-state index contributed by atoms with van der Waals surface area (Å²) in [5.41, 5.74) is 1.73. The largest absolute Gasteiger partial charge is 0.494 e. The fraction of sp³-hybridized carbons (Fsp3) is 0.524. The van der Waals surface area contributed by atoms with Gasteiger partial charge in [0.25, 0.3) is 11.8 Å². The minimum atomic E-state index is -0.215. The van der Waals surface area contributed by atoms with Gasteiger partial charge in [-0.15, -0.1) is 0 Å². The van der Waals surface area contributed by atoms with Crippen LogP contribution in [-0.2, 0) is 14.3 Å². The molecule has 1 fully saturated rings. The van der Waals surface area contributed by atoms with E-state index in [4.69, 9.17) is 9.47 Å². The van der Waals surface area contributed by atoms with Crippen molar-refractivity contribution in [2.24, 2.45) is 0 Å². The highest BCUT2D eigenvalue weighted by Crippen LogP contribution is 2.34. The molecule has 0 N–H and O–H groups in total. The molecule has 3 rings (SSSR count). The Bertz CT molecular complexity index is 731. The third-order valence-corrected chi connectivity index (χ3v) is 4.78. The lowest BCUT2D eigenvalue weighted by atomic mass is 10.0. The lowest BCUT2D eigenvalue weighted by Gasteiger charge is -2.37. The van der Waals surface area contributed by atoms with Crippen LogP contribution >= 0.6 is 0 Å². The summed E-state index contributed by atoms with van der Waals surface area (Å²) >= 11 is 0. The van der Waals surface area contributed by atoms with Crippen molar-refractivity contribution in [1.29, 1.82) is 0 Å². The Morgan fingerprint density at radius 1 is 1.04 bits per heavy atom. The zero-order chi connectivity index (χ0) is 19.6. The number of imide groups is 1. The molecule has 146 valence electrons. The first-order valence-corrected chi connectivity index (χ1v) is 9.70. The molecule has 1 saturated heterocycles. The van der Waals surface area contributed by atoms with Gasteiger partial charge in [0.2, 0.25) is 0 Å². The van der Waals surface area contributed by atoms with Crippen LogP contribution in [0.5, 0.6) is 5.75 Å². The predicted octanol–water partition coefficient (Wildman–Crippen LogP) is 2.68. The number of carbonyl (C=O) groups excluding carboxylic acids is 2. The average Bonchev–Trinajstić information content (AvgIpc) is 2.87. The van der Waals surface area contributed by atoms with E-state index >= 15 is 0 Å². The van der Waals surface area contributed by atoms with Gasteiger partial charge in [0, 0.05) is 19.6 Å². The molecule has 0 saturated carbocycles. The van der Waals surface area contributed by atoms with Crippen molar-refractivity contribution >= 4 is 17.4 Å². The van der Waals surface area contributed by atoms with Crippen LogP contribution in [0.25, 0.3) is 5.57 Å². The zero-order valence-electron chi connectivity index (χ0n) is 16.5. The van der Waals surface area contributed by atoms with Crippen molar-refractivity contribution in [3.05, 3.63) is 35.5 Å². The number of amides is 2. The minimum absolute atomic E-state index is 0.00552. The number of rotatable bonds is 6. The third kappa shape index (κ3) is 3.86. The second kappa shape index (κ2) is 8.13. The highest BCUT2D eigenvalue weighted by molar-refractivity contribution is 6.35. The Balaban J connectivity index is 2.03. The van der Waals surface area contributed by atoms with Gasteiger partial charge in [0.1, 0.15) is 11.4 Å². The number of hydrogen-bond acceptors (Lipinski definition) is 5. The number of hydrogen-bond donors (Lipinski definition) is 0. The van der Waals surface area contributed by atoms with Gasteiger partial charge < -0.3 is 14.4 Å². The van der Waals surface area contributed by atoms with Gasteiger partial charge in [-0.05, 0) is 44.9 Å². The van der Waals surface area contributed by atoms with Gasteiger partial charge in [0.15, 0.2) is 0 Å². The number of morpholine rings is 1. The summed E-state index contributed by atoms with van der Waals surface area (Å²) in [6.45, 7) is 10.1. The van der Waals surface area contributed by atoms with Gasteiger partial charge in [-0.25, -0.2) is 0 Å². The van der Waals surface area contributed by atoms with Crippen molar-refractivity contribution in [2.45, 2.75) is 46.3 Å². The van der Waals surface area contributed by atoms with Crippen molar-refractivity contribution in [2.75, 3.05) is 26.2 Å². The maximum Gasteiger partial charge on any atom is 0.277 e. The summed E-state index contributed by atoms with van der Waals surface area (Å²) in [5, 5.41) is 0. The van der Waals surface area contributed by atoms with Crippen LogP contribution in [0, 0.1) is 0 Å². The molecule has 2 amide bonds. The molecule has 1 aromatic carbocycles. The molecule has 2 atom stereocenters. The van der Waals surface area contributed by atoms with E-state index in [0.717, 1.165) is 17.7 Å². The number of carbonyl (C=O) groups is 2. The summed E-state index contributed by atoms with van der Waals surface area (Å²) in [4.78, 5) is 29.6. The fourth-order valence-corrected chi connectivity index (χ4v) is 3.79. The minimum Gasteiger partial charge on any atom is -0.494 e. The third-order valence-electron chi connectivity index (χ3n) is 4.78. The summed E-state index contributed by atoms with van der Waals surface area (Å²) in [6.07, 6.45) is 0.744. The second-order valence-electron chi connectivity index (χ2n) is 7.11. The molecule has 6 nitrogen and oxygen atoms in total. The Morgan fingerprint density at radius 2 is 1.67 bits per heavy atom. The zero-order valence-corrected chi connectivity index (χ0v) is 16.5. The fourth-order valence-electron chi connectivity index (χ4n) is 3.79. The summed E-state index contributed by atoms with van der Waals surface area (Å²) in [6, 6.07) is 7.39.